The zero-order chi connectivity index (χ0) is 16.6. The lowest BCUT2D eigenvalue weighted by molar-refractivity contribution is 0.406. The molecule has 2 rings (SSSR count). The highest BCUT2D eigenvalue weighted by Gasteiger charge is 2.40. The summed E-state index contributed by atoms with van der Waals surface area (Å²) in [7, 11) is 0. The number of allylic oxidation sites excluding steroid dienone is 2. The Labute approximate surface area is 118 Å². The van der Waals surface area contributed by atoms with Gasteiger partial charge in [0.2, 0.25) is 6.19 Å². The lowest BCUT2D eigenvalue weighted by Crippen LogP contribution is -2.25. The normalized spacial score (nSPS) is 17.5. The number of nitriles is 1. The summed E-state index contributed by atoms with van der Waals surface area (Å²) in [6, 6.07) is 0. The number of fused-ring (bicyclic) bond motifs is 1. The van der Waals surface area contributed by atoms with Crippen LogP contribution in [-0.2, 0) is 0 Å². The maximum atomic E-state index is 13.8. The van der Waals surface area contributed by atoms with Gasteiger partial charge in [0, 0.05) is 0 Å². The molecule has 1 aliphatic carbocycles. The van der Waals surface area contributed by atoms with E-state index in [2.05, 4.69) is 15.0 Å². The van der Waals surface area contributed by atoms with Crippen molar-refractivity contribution >= 4 is 11.4 Å². The minimum atomic E-state index is -2.31. The van der Waals surface area contributed by atoms with Gasteiger partial charge in [0.15, 0.2) is 40.6 Å². The van der Waals surface area contributed by atoms with Crippen molar-refractivity contribution in [2.24, 2.45) is 10.1 Å². The molecule has 0 aliphatic heterocycles. The average molecular weight is 314 g/mol. The third-order valence-electron chi connectivity index (χ3n) is 2.66. The van der Waals surface area contributed by atoms with Crippen LogP contribution in [0.4, 0.5) is 26.3 Å². The van der Waals surface area contributed by atoms with Crippen molar-refractivity contribution in [1.82, 2.24) is 0 Å². The molecular formula is C12F6N4. The minimum absolute atomic E-state index is 0.998. The molecule has 1 aromatic carbocycles. The van der Waals surface area contributed by atoms with Gasteiger partial charge in [0.05, 0.1) is 16.2 Å². The van der Waals surface area contributed by atoms with E-state index in [4.69, 9.17) is 11.8 Å². The van der Waals surface area contributed by atoms with Crippen LogP contribution in [0.15, 0.2) is 21.7 Å². The molecular weight excluding hydrogens is 314 g/mol. The van der Waals surface area contributed by atoms with E-state index in [1.54, 1.807) is 0 Å². The molecule has 0 radical (unpaired) electrons. The number of hydrogen-bond donors (Lipinski definition) is 0. The number of hydrogen-bond acceptors (Lipinski definition) is 3. The smallest absolute Gasteiger partial charge is 0.203 e. The van der Waals surface area contributed by atoms with Crippen LogP contribution >= 0.6 is 0 Å². The topological polar surface area (TPSA) is 52.9 Å². The van der Waals surface area contributed by atoms with Crippen molar-refractivity contribution in [1.29, 1.82) is 5.26 Å². The Balaban J connectivity index is 3.09. The van der Waals surface area contributed by atoms with E-state index in [0.29, 0.717) is 0 Å². The van der Waals surface area contributed by atoms with Crippen LogP contribution in [0, 0.1) is 41.3 Å². The minimum Gasteiger partial charge on any atom is -0.203 e. The van der Waals surface area contributed by atoms with Gasteiger partial charge in [-0.05, 0) is 0 Å². The molecule has 0 unspecified atom stereocenters. The van der Waals surface area contributed by atoms with E-state index in [0.717, 1.165) is 6.19 Å². The summed E-state index contributed by atoms with van der Waals surface area (Å²) in [5.41, 5.74) is -5.40. The summed E-state index contributed by atoms with van der Waals surface area (Å²) in [6.45, 7) is 6.45. The standard InChI is InChI=1S/C12F6N4/c1-20-22-12-4-3(5(13)7(15)8(16)6(4)14)11(21-2-19)9(17)10(12)18. The fraction of sp³-hybridized carbons (Fsp3) is 0. The molecule has 0 fully saturated rings. The van der Waals surface area contributed by atoms with E-state index in [-0.39, 0.29) is 0 Å². The molecule has 0 saturated heterocycles. The lowest BCUT2D eigenvalue weighted by atomic mass is 9.90. The molecule has 0 atom stereocenters. The van der Waals surface area contributed by atoms with Crippen molar-refractivity contribution in [3.05, 3.63) is 57.6 Å². The van der Waals surface area contributed by atoms with E-state index in [9.17, 15) is 26.3 Å². The summed E-state index contributed by atoms with van der Waals surface area (Å²) in [5, 5.41) is 11.1. The number of nitrogens with zero attached hydrogens (tertiary/aromatic N) is 4. The first-order chi connectivity index (χ1) is 10.4. The quantitative estimate of drug-likeness (QED) is 0.181. The fourth-order valence-electron chi connectivity index (χ4n) is 1.80. The highest BCUT2D eigenvalue weighted by Crippen LogP contribution is 2.35. The first-order valence-corrected chi connectivity index (χ1v) is 5.20. The molecule has 0 N–H and O–H groups in total. The molecule has 0 aromatic heterocycles. The molecule has 0 amide bonds. The molecule has 22 heavy (non-hydrogen) atoms. The molecule has 1 aliphatic rings. The van der Waals surface area contributed by atoms with Crippen LogP contribution < -0.4 is 0 Å². The monoisotopic (exact) mass is 314 g/mol. The highest BCUT2D eigenvalue weighted by molar-refractivity contribution is 6.29. The van der Waals surface area contributed by atoms with Crippen LogP contribution in [0.1, 0.15) is 11.1 Å². The second-order valence-corrected chi connectivity index (χ2v) is 3.74. The van der Waals surface area contributed by atoms with Crippen molar-refractivity contribution in [2.75, 3.05) is 0 Å². The van der Waals surface area contributed by atoms with Crippen LogP contribution in [0.25, 0.3) is 4.95 Å². The van der Waals surface area contributed by atoms with E-state index in [1.807, 2.05) is 0 Å². The number of benzene rings is 1. The van der Waals surface area contributed by atoms with Crippen LogP contribution in [0.5, 0.6) is 0 Å². The van der Waals surface area contributed by atoms with Crippen molar-refractivity contribution in [3.63, 3.8) is 0 Å². The molecule has 1 aromatic rings. The Hall–Kier alpha value is -3.14. The van der Waals surface area contributed by atoms with E-state index >= 15 is 0 Å². The van der Waals surface area contributed by atoms with Gasteiger partial charge in [-0.25, -0.2) is 26.3 Å². The molecule has 0 bridgehead atoms. The van der Waals surface area contributed by atoms with Crippen molar-refractivity contribution in [3.8, 4) is 6.19 Å². The third kappa shape index (κ3) is 1.93. The van der Waals surface area contributed by atoms with Gasteiger partial charge < -0.3 is 0 Å². The van der Waals surface area contributed by atoms with Gasteiger partial charge in [-0.2, -0.15) is 16.8 Å². The molecule has 110 valence electrons. The maximum absolute atomic E-state index is 13.8. The number of aliphatic imine (C=N–C) groups is 1. The average Bonchev–Trinajstić information content (AvgIpc) is 2.50. The summed E-state index contributed by atoms with van der Waals surface area (Å²) < 4.78 is 81.7. The zero-order valence-corrected chi connectivity index (χ0v) is 10.1. The molecule has 0 saturated carbocycles. The third-order valence-corrected chi connectivity index (χ3v) is 2.66. The predicted molar refractivity (Wildman–Crippen MR) is 60.8 cm³/mol. The SMILES string of the molecule is [C-]#[N+]N=C1C(F)=C(F)C(=NC#N)c2c(F)c(F)c(F)c(F)c21. The Morgan fingerprint density at radius 2 is 1.27 bits per heavy atom. The highest BCUT2D eigenvalue weighted by atomic mass is 19.2. The van der Waals surface area contributed by atoms with Gasteiger partial charge in [-0.3, -0.25) is 0 Å². The van der Waals surface area contributed by atoms with Gasteiger partial charge in [0.25, 0.3) is 0 Å². The largest absolute Gasteiger partial charge is 0.206 e. The Morgan fingerprint density at radius 1 is 0.818 bits per heavy atom. The predicted octanol–water partition coefficient (Wildman–Crippen LogP) is 3.30. The number of rotatable bonds is 0. The van der Waals surface area contributed by atoms with Gasteiger partial charge in [0.1, 0.15) is 5.71 Å². The first-order valence-electron chi connectivity index (χ1n) is 5.20. The Morgan fingerprint density at radius 3 is 1.73 bits per heavy atom. The first kappa shape index (κ1) is 15.3. The molecule has 0 heterocycles. The van der Waals surface area contributed by atoms with Crippen molar-refractivity contribution in [2.45, 2.75) is 0 Å². The van der Waals surface area contributed by atoms with Crippen LogP contribution in [-0.4, -0.2) is 11.4 Å². The summed E-state index contributed by atoms with van der Waals surface area (Å²) in [5.74, 6) is -12.7. The van der Waals surface area contributed by atoms with Gasteiger partial charge in [-0.1, -0.05) is 0 Å². The summed E-state index contributed by atoms with van der Waals surface area (Å²) in [4.78, 5) is 5.07. The lowest BCUT2D eigenvalue weighted by Gasteiger charge is -2.17. The second kappa shape index (κ2) is 5.33. The maximum Gasteiger partial charge on any atom is 0.206 e. The van der Waals surface area contributed by atoms with E-state index in [1.165, 1.54) is 0 Å². The second-order valence-electron chi connectivity index (χ2n) is 3.74. The zero-order valence-electron chi connectivity index (χ0n) is 10.1. The summed E-state index contributed by atoms with van der Waals surface area (Å²) in [6.07, 6.45) is 0.998. The molecule has 10 heteroatoms. The van der Waals surface area contributed by atoms with Gasteiger partial charge >= 0.3 is 0 Å². The molecule has 4 nitrogen and oxygen atoms in total. The Bertz CT molecular complexity index is 798. The van der Waals surface area contributed by atoms with Gasteiger partial charge in [-0.15, -0.1) is 4.95 Å². The van der Waals surface area contributed by atoms with Crippen LogP contribution in [0.2, 0.25) is 0 Å². The fourth-order valence-corrected chi connectivity index (χ4v) is 1.80. The van der Waals surface area contributed by atoms with Crippen LogP contribution in [0.3, 0.4) is 0 Å². The van der Waals surface area contributed by atoms with E-state index < -0.39 is 57.5 Å². The molecule has 0 spiro atoms. The van der Waals surface area contributed by atoms with Crippen molar-refractivity contribution < 1.29 is 26.3 Å². The summed E-state index contributed by atoms with van der Waals surface area (Å²) >= 11 is 0. The number of halogens is 6. The Kier molecular flexibility index (Phi) is 3.70.